The van der Waals surface area contributed by atoms with Crippen molar-refractivity contribution in [2.45, 2.75) is 131 Å². The molecule has 12 rings (SSSR count). The van der Waals surface area contributed by atoms with E-state index in [1.807, 2.05) is 116 Å². The van der Waals surface area contributed by atoms with E-state index >= 15 is 0 Å². The second kappa shape index (κ2) is 32.5. The molecule has 0 atom stereocenters. The Hall–Kier alpha value is -8.61. The summed E-state index contributed by atoms with van der Waals surface area (Å²) in [6.45, 7) is 29.4. The predicted octanol–water partition coefficient (Wildman–Crippen LogP) is 15.9. The lowest BCUT2D eigenvalue weighted by atomic mass is 9.77. The molecule has 0 unspecified atom stereocenters. The van der Waals surface area contributed by atoms with Crippen LogP contribution in [-0.4, -0.2) is 89.9 Å². The van der Waals surface area contributed by atoms with Gasteiger partial charge in [-0.2, -0.15) is 5.10 Å². The molecule has 0 spiro atoms. The summed E-state index contributed by atoms with van der Waals surface area (Å²) in [6, 6.07) is 65.7. The number of hydrogen-bond acceptors (Lipinski definition) is 9. The Balaban J connectivity index is 0.000000183. The monoisotopic (exact) mass is 1300 g/mol. The fourth-order valence-corrected chi connectivity index (χ4v) is 12.6. The van der Waals surface area contributed by atoms with Crippen molar-refractivity contribution >= 4 is 51.7 Å². The molecule has 0 fully saturated rings. The van der Waals surface area contributed by atoms with E-state index in [9.17, 15) is 0 Å². The maximum absolute atomic E-state index is 6.36. The number of aliphatic imine (C=N–C) groups is 1. The van der Waals surface area contributed by atoms with Crippen molar-refractivity contribution in [1.82, 2.24) is 25.1 Å². The van der Waals surface area contributed by atoms with Crippen molar-refractivity contribution in [2.75, 3.05) is 51.1 Å². The van der Waals surface area contributed by atoms with Gasteiger partial charge >= 0.3 is 0 Å². The van der Waals surface area contributed by atoms with Crippen molar-refractivity contribution in [1.29, 1.82) is 0 Å². The van der Waals surface area contributed by atoms with Crippen LogP contribution in [0.25, 0.3) is 22.2 Å². The fourth-order valence-electron chi connectivity index (χ4n) is 12.5. The molecule has 3 aromatic heterocycles. The molecule has 11 nitrogen and oxygen atoms in total. The summed E-state index contributed by atoms with van der Waals surface area (Å²) in [5.74, 6) is 4.68. The quantitative estimate of drug-likeness (QED) is 0.0547. The average molecular weight is 1300 g/mol. The number of aromatic nitrogens is 4. The van der Waals surface area contributed by atoms with E-state index in [0.29, 0.717) is 28.8 Å². The van der Waals surface area contributed by atoms with Crippen LogP contribution in [0, 0.1) is 0 Å². The Morgan fingerprint density at radius 3 is 1.54 bits per heavy atom. The van der Waals surface area contributed by atoms with Gasteiger partial charge in [0.15, 0.2) is 0 Å². The van der Waals surface area contributed by atoms with E-state index in [2.05, 4.69) is 231 Å². The van der Waals surface area contributed by atoms with Gasteiger partial charge in [0.25, 0.3) is 0 Å². The molecule has 0 saturated heterocycles. The lowest BCUT2D eigenvalue weighted by Crippen LogP contribution is -3.00. The predicted molar refractivity (Wildman–Crippen MR) is 391 cm³/mol. The summed E-state index contributed by atoms with van der Waals surface area (Å²) in [5.41, 5.74) is 18.4. The van der Waals surface area contributed by atoms with Gasteiger partial charge in [0.2, 0.25) is 6.34 Å². The molecule has 13 heteroatoms. The zero-order valence-electron chi connectivity index (χ0n) is 57.9. The number of benzene rings is 7. The summed E-state index contributed by atoms with van der Waals surface area (Å²) in [7, 11) is 7.73. The molecule has 2 aliphatic rings. The second-order valence-electron chi connectivity index (χ2n) is 25.9. The molecular formula is C81H95Cl2N9O2. The number of fused-ring (bicyclic) bond motifs is 2. The maximum Gasteiger partial charge on any atom is 0.244 e. The van der Waals surface area contributed by atoms with Gasteiger partial charge in [0.1, 0.15) is 58.2 Å². The Bertz CT molecular complexity index is 4010. The molecular weight excluding hydrogens is 1200 g/mol. The normalized spacial score (nSPS) is 12.6. The molecule has 0 radical (unpaired) electrons. The van der Waals surface area contributed by atoms with E-state index < -0.39 is 5.54 Å². The first-order chi connectivity index (χ1) is 44.7. The van der Waals surface area contributed by atoms with Crippen LogP contribution in [0.15, 0.2) is 205 Å². The maximum atomic E-state index is 6.36. The molecule has 7 aromatic carbocycles. The highest BCUT2D eigenvalue weighted by molar-refractivity contribution is 6.29. The summed E-state index contributed by atoms with van der Waals surface area (Å²) in [5, 5.41) is 9.54. The number of anilines is 2. The third-order valence-electron chi connectivity index (χ3n) is 16.6. The number of pyridine rings is 2. The van der Waals surface area contributed by atoms with Crippen LogP contribution in [-0.2, 0) is 12.1 Å². The number of ether oxygens (including phenoxy) is 2. The first-order valence-electron chi connectivity index (χ1n) is 32.9. The molecule has 5 heterocycles. The molecule has 10 aromatic rings. The number of nitrogens with zero attached hydrogens (tertiary/aromatic N) is 8. The molecule has 0 aliphatic carbocycles. The van der Waals surface area contributed by atoms with Gasteiger partial charge in [-0.05, 0) is 142 Å². The van der Waals surface area contributed by atoms with Crippen LogP contribution in [0.1, 0.15) is 162 Å². The standard InChI is InChI=1S/C34H28ClN3O.C27H39N2.C18H21N3O.C2H7N.ClH/c1-24(2)39-29-18-19-31-30(23-29)33(25-20-21-36-32(35)22-25)37-38(31)34(26-12-6-3-7-13-26,27-14-8-4-9-15-27)28-16-10-5-11-17-28;1-18(2)22-11-9-12-23(19(3)4)26(22)28-15-16-29(17-28)27-24(20(5)6)13-10-14-25(27)21(7)8;1-12(2)22-15-6-5-14-11-20-18(16(14)10-15)13-7-8-19-17(9-13)21(3)4;1-3-2;/h3-24H,1-2H3;9-14,17-21H,15-16H2,1-8H3;5-10,12H,11H2,1-4H3;3H,1-2H3;1H/q;+1;;;/p-1. The fraction of sp³-hybridized carbons (Fsp3) is 0.321. The first-order valence-corrected chi connectivity index (χ1v) is 33.3. The van der Waals surface area contributed by atoms with Crippen molar-refractivity contribution in [3.05, 3.63) is 261 Å². The highest BCUT2D eigenvalue weighted by Gasteiger charge is 2.41. The lowest BCUT2D eigenvalue weighted by Gasteiger charge is -2.37. The highest BCUT2D eigenvalue weighted by Crippen LogP contribution is 2.45. The minimum atomic E-state index is -0.752. The Kier molecular flexibility index (Phi) is 24.6. The number of rotatable bonds is 17. The summed E-state index contributed by atoms with van der Waals surface area (Å²) in [6.07, 6.45) is 6.14. The van der Waals surface area contributed by atoms with Crippen LogP contribution < -0.4 is 37.0 Å². The van der Waals surface area contributed by atoms with Crippen LogP contribution in [0.4, 0.5) is 17.2 Å². The third kappa shape index (κ3) is 16.1. The SMILES string of the molecule is CC(C)Oc1ccc2c(c1)C(c1ccnc(N(C)C)c1)=NC2.CC(C)Oc1ccc2c(c1)c(-c1ccnc(Cl)c1)nn2C(c1ccccc1)(c1ccccc1)c1ccccc1.CC(C)c1cccc(C(C)C)c1N1C=[N+](c2c(C(C)C)cccc2C(C)C)CC1.CNC.[Cl-]. The second-order valence-corrected chi connectivity index (χ2v) is 26.3. The molecule has 2 aliphatic heterocycles. The van der Waals surface area contributed by atoms with Gasteiger partial charge in [0.05, 0.1) is 30.0 Å². The zero-order chi connectivity index (χ0) is 66.5. The number of halogens is 2. The van der Waals surface area contributed by atoms with Gasteiger partial charge < -0.3 is 32.1 Å². The third-order valence-corrected chi connectivity index (χ3v) is 16.8. The van der Waals surface area contributed by atoms with E-state index in [1.165, 1.54) is 39.2 Å². The number of nitrogens with one attached hydrogen (secondary N) is 1. The summed E-state index contributed by atoms with van der Waals surface area (Å²) >= 11 is 6.36. The first kappa shape index (κ1) is 71.2. The summed E-state index contributed by atoms with van der Waals surface area (Å²) < 4.78 is 16.6. The van der Waals surface area contributed by atoms with Crippen LogP contribution in [0.2, 0.25) is 5.15 Å². The van der Waals surface area contributed by atoms with Gasteiger partial charge in [0, 0.05) is 70.8 Å². The molecule has 0 saturated carbocycles. The van der Waals surface area contributed by atoms with Crippen molar-refractivity contribution in [3.8, 4) is 22.8 Å². The largest absolute Gasteiger partial charge is 1.00 e. The lowest BCUT2D eigenvalue weighted by molar-refractivity contribution is -0.425. The molecule has 1 N–H and O–H groups in total. The number of hydrogen-bond donors (Lipinski definition) is 1. The minimum absolute atomic E-state index is 0. The minimum Gasteiger partial charge on any atom is -1.00 e. The topological polar surface area (TPSA) is 95.9 Å². The van der Waals surface area contributed by atoms with E-state index in [-0.39, 0.29) is 24.6 Å². The molecule has 94 heavy (non-hydrogen) atoms. The Labute approximate surface area is 571 Å². The number of para-hydroxylation sites is 2. The van der Waals surface area contributed by atoms with Gasteiger partial charge in [-0.1, -0.05) is 200 Å². The van der Waals surface area contributed by atoms with E-state index in [1.54, 1.807) is 6.20 Å². The van der Waals surface area contributed by atoms with Gasteiger partial charge in [-0.3, -0.25) is 4.99 Å². The van der Waals surface area contributed by atoms with E-state index in [0.717, 1.165) is 92.6 Å². The average Bonchev–Trinajstić information content (AvgIpc) is 1.45. The highest BCUT2D eigenvalue weighted by atomic mass is 35.5. The molecule has 490 valence electrons. The smallest absolute Gasteiger partial charge is 0.244 e. The zero-order valence-corrected chi connectivity index (χ0v) is 59.4. The molecule has 0 bridgehead atoms. The van der Waals surface area contributed by atoms with Crippen molar-refractivity contribution in [3.63, 3.8) is 0 Å². The molecule has 0 amide bonds. The van der Waals surface area contributed by atoms with Gasteiger partial charge in [-0.25, -0.2) is 24.1 Å². The van der Waals surface area contributed by atoms with Crippen LogP contribution >= 0.6 is 11.6 Å². The van der Waals surface area contributed by atoms with Crippen molar-refractivity contribution < 1.29 is 26.5 Å². The van der Waals surface area contributed by atoms with Crippen LogP contribution in [0.3, 0.4) is 0 Å². The van der Waals surface area contributed by atoms with E-state index in [4.69, 9.17) is 31.2 Å². The van der Waals surface area contributed by atoms with Gasteiger partial charge in [-0.15, -0.1) is 0 Å². The summed E-state index contributed by atoms with van der Waals surface area (Å²) in [4.78, 5) is 17.8. The Morgan fingerprint density at radius 2 is 1.04 bits per heavy atom. The van der Waals surface area contributed by atoms with Crippen LogP contribution in [0.5, 0.6) is 11.5 Å². The van der Waals surface area contributed by atoms with Crippen molar-refractivity contribution in [2.24, 2.45) is 4.99 Å². The Morgan fingerprint density at radius 1 is 0.553 bits per heavy atom.